The molecule has 0 aliphatic heterocycles. The molecule has 0 saturated heterocycles. The fraction of sp³-hybridized carbons (Fsp3) is 1.00. The van der Waals surface area contributed by atoms with Crippen molar-refractivity contribution in [1.82, 2.24) is 0 Å². The summed E-state index contributed by atoms with van der Waals surface area (Å²) < 4.78 is 32.5. The SMILES string of the molecule is CCCCCCCCCCCCCC(CCC(O)CCCC)S(=O)(=O)O. The Kier molecular flexibility index (Phi) is 16.9. The van der Waals surface area contributed by atoms with Crippen LogP contribution in [0.1, 0.15) is 123 Å². The van der Waals surface area contributed by atoms with E-state index in [2.05, 4.69) is 13.8 Å². The fourth-order valence-corrected chi connectivity index (χ4v) is 4.34. The molecule has 0 fully saturated rings. The Morgan fingerprint density at radius 3 is 1.54 bits per heavy atom. The first-order valence-electron chi connectivity index (χ1n) is 11.1. The molecule has 0 rings (SSSR count). The second-order valence-electron chi connectivity index (χ2n) is 7.83. The molecule has 0 saturated carbocycles. The number of rotatable bonds is 19. The lowest BCUT2D eigenvalue weighted by molar-refractivity contribution is 0.148. The molecule has 26 heavy (non-hydrogen) atoms. The van der Waals surface area contributed by atoms with E-state index in [4.69, 9.17) is 0 Å². The highest BCUT2D eigenvalue weighted by molar-refractivity contribution is 7.86. The first-order valence-corrected chi connectivity index (χ1v) is 12.6. The first kappa shape index (κ1) is 25.9. The molecule has 4 nitrogen and oxygen atoms in total. The van der Waals surface area contributed by atoms with Crippen LogP contribution in [0.25, 0.3) is 0 Å². The van der Waals surface area contributed by atoms with E-state index in [9.17, 15) is 18.1 Å². The summed E-state index contributed by atoms with van der Waals surface area (Å²) in [4.78, 5) is 0. The van der Waals surface area contributed by atoms with Gasteiger partial charge >= 0.3 is 0 Å². The monoisotopic (exact) mass is 392 g/mol. The minimum Gasteiger partial charge on any atom is -0.393 e. The summed E-state index contributed by atoms with van der Waals surface area (Å²) in [5, 5.41) is 9.17. The van der Waals surface area contributed by atoms with Crippen LogP contribution in [0.2, 0.25) is 0 Å². The summed E-state index contributed by atoms with van der Waals surface area (Å²) in [5.41, 5.74) is 0. The van der Waals surface area contributed by atoms with E-state index < -0.39 is 21.5 Å². The number of aliphatic hydroxyl groups is 1. The normalized spacial score (nSPS) is 14.5. The molecular weight excluding hydrogens is 348 g/mol. The molecule has 158 valence electrons. The topological polar surface area (TPSA) is 74.6 Å². The van der Waals surface area contributed by atoms with E-state index in [1.807, 2.05) is 0 Å². The highest BCUT2D eigenvalue weighted by atomic mass is 32.2. The van der Waals surface area contributed by atoms with E-state index in [-0.39, 0.29) is 0 Å². The molecule has 2 N–H and O–H groups in total. The van der Waals surface area contributed by atoms with Crippen molar-refractivity contribution in [2.75, 3.05) is 0 Å². The van der Waals surface area contributed by atoms with Crippen LogP contribution in [0.5, 0.6) is 0 Å². The van der Waals surface area contributed by atoms with Crippen molar-refractivity contribution in [2.45, 2.75) is 134 Å². The van der Waals surface area contributed by atoms with Gasteiger partial charge in [0.05, 0.1) is 11.4 Å². The van der Waals surface area contributed by atoms with Crippen LogP contribution in [0.4, 0.5) is 0 Å². The predicted octanol–water partition coefficient (Wildman–Crippen LogP) is 6.28. The zero-order valence-electron chi connectivity index (χ0n) is 17.3. The van der Waals surface area contributed by atoms with Crippen molar-refractivity contribution in [2.24, 2.45) is 0 Å². The van der Waals surface area contributed by atoms with Gasteiger partial charge in [-0.3, -0.25) is 4.55 Å². The van der Waals surface area contributed by atoms with E-state index in [1.54, 1.807) is 0 Å². The van der Waals surface area contributed by atoms with Gasteiger partial charge in [-0.2, -0.15) is 8.42 Å². The Morgan fingerprint density at radius 2 is 1.08 bits per heavy atom. The molecule has 2 atom stereocenters. The standard InChI is InChI=1S/C21H44O4S/c1-3-5-7-8-9-10-11-12-13-14-15-17-21(26(23,24)25)19-18-20(22)16-6-4-2/h20-22H,3-19H2,1-2H3,(H,23,24,25). The molecule has 0 bridgehead atoms. The molecule has 0 aromatic carbocycles. The highest BCUT2D eigenvalue weighted by Gasteiger charge is 2.23. The van der Waals surface area contributed by atoms with Gasteiger partial charge in [-0.15, -0.1) is 0 Å². The second kappa shape index (κ2) is 17.0. The van der Waals surface area contributed by atoms with Gasteiger partial charge in [0.15, 0.2) is 0 Å². The Morgan fingerprint density at radius 1 is 0.615 bits per heavy atom. The van der Waals surface area contributed by atoms with Gasteiger partial charge in [0, 0.05) is 0 Å². The lowest BCUT2D eigenvalue weighted by Crippen LogP contribution is -2.22. The van der Waals surface area contributed by atoms with Crippen LogP contribution in [-0.4, -0.2) is 29.4 Å². The van der Waals surface area contributed by atoms with Gasteiger partial charge in [0.1, 0.15) is 0 Å². The molecule has 0 aromatic rings. The van der Waals surface area contributed by atoms with Gasteiger partial charge in [0.2, 0.25) is 0 Å². The van der Waals surface area contributed by atoms with Gasteiger partial charge < -0.3 is 5.11 Å². The third kappa shape index (κ3) is 16.1. The van der Waals surface area contributed by atoms with E-state index in [0.717, 1.165) is 32.1 Å². The largest absolute Gasteiger partial charge is 0.393 e. The minimum absolute atomic E-state index is 0.363. The predicted molar refractivity (Wildman–Crippen MR) is 111 cm³/mol. The van der Waals surface area contributed by atoms with E-state index in [1.165, 1.54) is 51.4 Å². The van der Waals surface area contributed by atoms with Crippen molar-refractivity contribution in [3.8, 4) is 0 Å². The lowest BCUT2D eigenvalue weighted by Gasteiger charge is -2.16. The van der Waals surface area contributed by atoms with Gasteiger partial charge in [-0.1, -0.05) is 97.3 Å². The van der Waals surface area contributed by atoms with Crippen LogP contribution < -0.4 is 0 Å². The fourth-order valence-electron chi connectivity index (χ4n) is 3.44. The Balaban J connectivity index is 3.75. The number of hydrogen-bond donors (Lipinski definition) is 2. The van der Waals surface area contributed by atoms with Crippen molar-refractivity contribution in [1.29, 1.82) is 0 Å². The zero-order valence-corrected chi connectivity index (χ0v) is 18.1. The summed E-state index contributed by atoms with van der Waals surface area (Å²) in [5.74, 6) is 0. The molecule has 0 radical (unpaired) electrons. The number of aliphatic hydroxyl groups excluding tert-OH is 1. The Bertz CT molecular complexity index is 395. The van der Waals surface area contributed by atoms with Crippen LogP contribution in [0.15, 0.2) is 0 Å². The molecule has 0 spiro atoms. The first-order chi connectivity index (χ1) is 12.4. The smallest absolute Gasteiger partial charge is 0.267 e. The third-order valence-corrected chi connectivity index (χ3v) is 6.58. The summed E-state index contributed by atoms with van der Waals surface area (Å²) in [7, 11) is -4.00. The molecule has 0 aliphatic rings. The molecule has 2 unspecified atom stereocenters. The molecule has 0 amide bonds. The molecule has 0 aliphatic carbocycles. The Hall–Kier alpha value is -0.130. The van der Waals surface area contributed by atoms with Crippen LogP contribution >= 0.6 is 0 Å². The van der Waals surface area contributed by atoms with Gasteiger partial charge in [-0.25, -0.2) is 0 Å². The third-order valence-electron chi connectivity index (χ3n) is 5.26. The van der Waals surface area contributed by atoms with E-state index >= 15 is 0 Å². The maximum Gasteiger partial charge on any atom is 0.267 e. The molecule has 0 heterocycles. The summed E-state index contributed by atoms with van der Waals surface area (Å²) in [6.07, 6.45) is 17.1. The average molecular weight is 393 g/mol. The van der Waals surface area contributed by atoms with Crippen molar-refractivity contribution >= 4 is 10.1 Å². The van der Waals surface area contributed by atoms with Crippen molar-refractivity contribution in [3.05, 3.63) is 0 Å². The summed E-state index contributed by atoms with van der Waals surface area (Å²) in [6, 6.07) is 0. The van der Waals surface area contributed by atoms with Crippen molar-refractivity contribution < 1.29 is 18.1 Å². The quantitative estimate of drug-likeness (QED) is 0.200. The number of unbranched alkanes of at least 4 members (excludes halogenated alkanes) is 11. The molecular formula is C21H44O4S. The summed E-state index contributed by atoms with van der Waals surface area (Å²) in [6.45, 7) is 4.31. The number of hydrogen-bond acceptors (Lipinski definition) is 3. The summed E-state index contributed by atoms with van der Waals surface area (Å²) >= 11 is 0. The van der Waals surface area contributed by atoms with Crippen LogP contribution in [-0.2, 0) is 10.1 Å². The van der Waals surface area contributed by atoms with Crippen LogP contribution in [0, 0.1) is 0 Å². The van der Waals surface area contributed by atoms with Crippen molar-refractivity contribution in [3.63, 3.8) is 0 Å². The average Bonchev–Trinajstić information content (AvgIpc) is 2.59. The van der Waals surface area contributed by atoms with Gasteiger partial charge in [0.25, 0.3) is 10.1 Å². The van der Waals surface area contributed by atoms with Crippen LogP contribution in [0.3, 0.4) is 0 Å². The van der Waals surface area contributed by atoms with Gasteiger partial charge in [-0.05, 0) is 25.7 Å². The zero-order chi connectivity index (χ0) is 19.7. The van der Waals surface area contributed by atoms with E-state index in [0.29, 0.717) is 25.7 Å². The molecule has 0 aromatic heterocycles. The minimum atomic E-state index is -4.00. The molecule has 5 heteroatoms. The highest BCUT2D eigenvalue weighted by Crippen LogP contribution is 2.19. The lowest BCUT2D eigenvalue weighted by atomic mass is 10.0. The maximum atomic E-state index is 11.5. The second-order valence-corrected chi connectivity index (χ2v) is 9.53. The Labute approximate surface area is 162 Å². The maximum absolute atomic E-state index is 11.5.